The van der Waals surface area contributed by atoms with Gasteiger partial charge < -0.3 is 10.2 Å². The number of nitrogens with one attached hydrogen (secondary N) is 1. The maximum absolute atomic E-state index is 12.1. The zero-order chi connectivity index (χ0) is 19.3. The Morgan fingerprint density at radius 2 is 2.00 bits per heavy atom. The first kappa shape index (κ1) is 21.1. The van der Waals surface area contributed by atoms with Crippen molar-refractivity contribution in [2.75, 3.05) is 38.3 Å². The van der Waals surface area contributed by atoms with Crippen LogP contribution in [0, 0.1) is 5.92 Å². The number of thiocarbonyl (C=S) groups is 1. The number of sulfonamides is 1. The van der Waals surface area contributed by atoms with Gasteiger partial charge in [-0.25, -0.2) is 12.7 Å². The van der Waals surface area contributed by atoms with Gasteiger partial charge in [0, 0.05) is 32.9 Å². The lowest BCUT2D eigenvalue weighted by molar-refractivity contribution is -0.113. The minimum Gasteiger partial charge on any atom is -0.357 e. The van der Waals surface area contributed by atoms with E-state index in [2.05, 4.69) is 17.1 Å². The Balaban J connectivity index is 1.85. The molecule has 9 heteroatoms. The lowest BCUT2D eigenvalue weighted by Crippen LogP contribution is -2.37. The van der Waals surface area contributed by atoms with Gasteiger partial charge in [0.15, 0.2) is 0 Å². The summed E-state index contributed by atoms with van der Waals surface area (Å²) in [6.07, 6.45) is 2.36. The molecule has 0 unspecified atom stereocenters. The summed E-state index contributed by atoms with van der Waals surface area (Å²) >= 11 is 6.80. The molecule has 144 valence electrons. The van der Waals surface area contributed by atoms with Gasteiger partial charge in [0.05, 0.1) is 10.6 Å². The van der Waals surface area contributed by atoms with Crippen molar-refractivity contribution in [3.8, 4) is 0 Å². The third-order valence-electron chi connectivity index (χ3n) is 4.16. The fourth-order valence-electron chi connectivity index (χ4n) is 2.69. The van der Waals surface area contributed by atoms with E-state index < -0.39 is 10.0 Å². The second kappa shape index (κ2) is 9.16. The maximum atomic E-state index is 12.1. The standard InChI is InChI=1S/C17H25N3O3S3/c1-13-5-4-10-20(11-13)17(24)25-12-16(21)18-14-6-8-15(9-7-14)26(22,23)19(2)3/h6-9,13H,4-5,10-12H2,1-3H3,(H,18,21)/t13-/m1/s1. The molecular weight excluding hydrogens is 390 g/mol. The highest BCUT2D eigenvalue weighted by atomic mass is 32.2. The van der Waals surface area contributed by atoms with Gasteiger partial charge in [-0.1, -0.05) is 30.9 Å². The molecule has 6 nitrogen and oxygen atoms in total. The molecule has 1 atom stereocenters. The minimum absolute atomic E-state index is 0.161. The quantitative estimate of drug-likeness (QED) is 0.746. The number of carbonyl (C=O) groups is 1. The van der Waals surface area contributed by atoms with E-state index in [1.165, 1.54) is 44.4 Å². The van der Waals surface area contributed by atoms with Crippen molar-refractivity contribution in [1.29, 1.82) is 0 Å². The van der Waals surface area contributed by atoms with E-state index in [0.717, 1.165) is 28.1 Å². The highest BCUT2D eigenvalue weighted by Crippen LogP contribution is 2.21. The van der Waals surface area contributed by atoms with Crippen molar-refractivity contribution in [3.63, 3.8) is 0 Å². The number of likely N-dealkylation sites (tertiary alicyclic amines) is 1. The van der Waals surface area contributed by atoms with Gasteiger partial charge in [0.1, 0.15) is 4.32 Å². The zero-order valence-electron chi connectivity index (χ0n) is 15.3. The number of hydrogen-bond acceptors (Lipinski definition) is 5. The molecule has 1 aliphatic rings. The van der Waals surface area contributed by atoms with Crippen molar-refractivity contribution < 1.29 is 13.2 Å². The Bertz CT molecular complexity index is 748. The van der Waals surface area contributed by atoms with Crippen molar-refractivity contribution in [1.82, 2.24) is 9.21 Å². The minimum atomic E-state index is -3.47. The molecule has 0 bridgehead atoms. The number of carbonyl (C=O) groups excluding carboxylic acids is 1. The Hall–Kier alpha value is -1.16. The van der Waals surface area contributed by atoms with E-state index in [-0.39, 0.29) is 16.6 Å². The first-order chi connectivity index (χ1) is 12.2. The molecule has 1 saturated heterocycles. The van der Waals surface area contributed by atoms with Gasteiger partial charge in [-0.2, -0.15) is 0 Å². The van der Waals surface area contributed by atoms with Crippen molar-refractivity contribution in [2.24, 2.45) is 5.92 Å². The van der Waals surface area contributed by atoms with Gasteiger partial charge in [0.25, 0.3) is 0 Å². The van der Waals surface area contributed by atoms with Crippen molar-refractivity contribution in [3.05, 3.63) is 24.3 Å². The Labute approximate surface area is 165 Å². The molecule has 0 saturated carbocycles. The normalized spacial score (nSPS) is 18.0. The third kappa shape index (κ3) is 5.67. The van der Waals surface area contributed by atoms with E-state index in [4.69, 9.17) is 12.2 Å². The molecule has 2 rings (SSSR count). The monoisotopic (exact) mass is 415 g/mol. The van der Waals surface area contributed by atoms with Crippen LogP contribution in [0.1, 0.15) is 19.8 Å². The number of rotatable bonds is 5. The fraction of sp³-hybridized carbons (Fsp3) is 0.529. The number of anilines is 1. The molecule has 1 N–H and O–H groups in total. The topological polar surface area (TPSA) is 69.7 Å². The van der Waals surface area contributed by atoms with Gasteiger partial charge in [0.2, 0.25) is 15.9 Å². The van der Waals surface area contributed by atoms with Crippen molar-refractivity contribution in [2.45, 2.75) is 24.7 Å². The first-order valence-corrected chi connectivity index (χ1v) is 11.3. The molecule has 0 aromatic heterocycles. The molecule has 26 heavy (non-hydrogen) atoms. The smallest absolute Gasteiger partial charge is 0.242 e. The number of thioether (sulfide) groups is 1. The summed E-state index contributed by atoms with van der Waals surface area (Å²) in [4.78, 5) is 14.5. The molecule has 1 aliphatic heterocycles. The van der Waals surface area contributed by atoms with E-state index in [0.29, 0.717) is 11.6 Å². The summed E-state index contributed by atoms with van der Waals surface area (Å²) in [5.41, 5.74) is 0.561. The lowest BCUT2D eigenvalue weighted by atomic mass is 10.0. The number of hydrogen-bond donors (Lipinski definition) is 1. The SMILES string of the molecule is C[C@@H]1CCCN(C(=S)SCC(=O)Nc2ccc(S(=O)(=O)N(C)C)cc2)C1. The average molecular weight is 416 g/mol. The highest BCUT2D eigenvalue weighted by molar-refractivity contribution is 8.23. The number of benzene rings is 1. The van der Waals surface area contributed by atoms with Crippen LogP contribution in [-0.4, -0.2) is 60.8 Å². The van der Waals surface area contributed by atoms with Crippen LogP contribution < -0.4 is 5.32 Å². The molecule has 1 amide bonds. The summed E-state index contributed by atoms with van der Waals surface area (Å²) in [5, 5.41) is 2.77. The molecule has 0 spiro atoms. The van der Waals surface area contributed by atoms with Gasteiger partial charge >= 0.3 is 0 Å². The third-order valence-corrected chi connectivity index (χ3v) is 7.51. The molecule has 0 radical (unpaired) electrons. The van der Waals surface area contributed by atoms with Crippen LogP contribution in [-0.2, 0) is 14.8 Å². The fourth-order valence-corrected chi connectivity index (χ4v) is 4.61. The number of amides is 1. The summed E-state index contributed by atoms with van der Waals surface area (Å²) in [6, 6.07) is 6.14. The zero-order valence-corrected chi connectivity index (χ0v) is 17.7. The Morgan fingerprint density at radius 3 is 2.58 bits per heavy atom. The predicted octanol–water partition coefficient (Wildman–Crippen LogP) is 2.63. The predicted molar refractivity (Wildman–Crippen MR) is 111 cm³/mol. The highest BCUT2D eigenvalue weighted by Gasteiger charge is 2.20. The van der Waals surface area contributed by atoms with Crippen molar-refractivity contribution >= 4 is 49.9 Å². The average Bonchev–Trinajstić information content (AvgIpc) is 2.60. The maximum Gasteiger partial charge on any atom is 0.242 e. The van der Waals surface area contributed by atoms with Gasteiger partial charge in [-0.3, -0.25) is 4.79 Å². The number of nitrogens with zero attached hydrogens (tertiary/aromatic N) is 2. The van der Waals surface area contributed by atoms with Crippen LogP contribution in [0.25, 0.3) is 0 Å². The molecule has 1 heterocycles. The van der Waals surface area contributed by atoms with Gasteiger partial charge in [-0.15, -0.1) is 0 Å². The summed E-state index contributed by atoms with van der Waals surface area (Å²) < 4.78 is 26.0. The Kier molecular flexibility index (Phi) is 7.45. The first-order valence-electron chi connectivity index (χ1n) is 8.44. The summed E-state index contributed by atoms with van der Waals surface area (Å²) in [5.74, 6) is 0.709. The second-order valence-corrected chi connectivity index (χ2v) is 10.4. The van der Waals surface area contributed by atoms with Crippen LogP contribution in [0.15, 0.2) is 29.2 Å². The Morgan fingerprint density at radius 1 is 1.35 bits per heavy atom. The molecule has 1 aromatic rings. The summed E-state index contributed by atoms with van der Waals surface area (Å²) in [6.45, 7) is 4.13. The molecule has 0 aliphatic carbocycles. The lowest BCUT2D eigenvalue weighted by Gasteiger charge is -2.32. The van der Waals surface area contributed by atoms with E-state index in [9.17, 15) is 13.2 Å². The molecule has 1 aromatic carbocycles. The van der Waals surface area contributed by atoms with Crippen LogP contribution >= 0.6 is 24.0 Å². The van der Waals surface area contributed by atoms with E-state index >= 15 is 0 Å². The van der Waals surface area contributed by atoms with Crippen LogP contribution in [0.5, 0.6) is 0 Å². The molecule has 1 fully saturated rings. The van der Waals surface area contributed by atoms with Crippen LogP contribution in [0.2, 0.25) is 0 Å². The van der Waals surface area contributed by atoms with E-state index in [1.807, 2.05) is 0 Å². The van der Waals surface area contributed by atoms with Gasteiger partial charge in [-0.05, 0) is 43.0 Å². The summed E-state index contributed by atoms with van der Waals surface area (Å²) in [7, 11) is -0.506. The molecular formula is C17H25N3O3S3. The van der Waals surface area contributed by atoms with Crippen LogP contribution in [0.3, 0.4) is 0 Å². The second-order valence-electron chi connectivity index (χ2n) is 6.61. The van der Waals surface area contributed by atoms with E-state index in [1.54, 1.807) is 12.1 Å². The van der Waals surface area contributed by atoms with Crippen LogP contribution in [0.4, 0.5) is 5.69 Å². The number of piperidine rings is 1. The largest absolute Gasteiger partial charge is 0.357 e.